The molecule has 2 unspecified atom stereocenters. The fourth-order valence-electron chi connectivity index (χ4n) is 9.94. The normalized spacial score (nSPS) is 23.8. The van der Waals surface area contributed by atoms with Gasteiger partial charge in [0, 0.05) is 78.3 Å². The van der Waals surface area contributed by atoms with Crippen molar-refractivity contribution in [1.82, 2.24) is 31.1 Å². The van der Waals surface area contributed by atoms with E-state index in [9.17, 15) is 44.4 Å². The molecule has 0 aromatic rings. The van der Waals surface area contributed by atoms with Crippen LogP contribution in [-0.4, -0.2) is 106 Å². The lowest BCUT2D eigenvalue weighted by Gasteiger charge is -2.65. The molecule has 4 rings (SSSR count). The molecule has 4 saturated carbocycles. The van der Waals surface area contributed by atoms with E-state index < -0.39 is 17.7 Å². The summed E-state index contributed by atoms with van der Waals surface area (Å²) in [4.78, 5) is 72.3. The van der Waals surface area contributed by atoms with Crippen LogP contribution in [0.1, 0.15) is 149 Å². The van der Waals surface area contributed by atoms with E-state index in [0.717, 1.165) is 18.8 Å². The van der Waals surface area contributed by atoms with Gasteiger partial charge >= 0.3 is 0 Å². The zero-order valence-electron chi connectivity index (χ0n) is 33.1. The van der Waals surface area contributed by atoms with E-state index in [1.165, 1.54) is 45.4 Å². The fourth-order valence-corrected chi connectivity index (χ4v) is 9.94. The second-order valence-corrected chi connectivity index (χ2v) is 17.2. The molecule has 0 heterocycles. The molecule has 0 spiro atoms. The summed E-state index contributed by atoms with van der Waals surface area (Å²) >= 11 is 0. The van der Waals surface area contributed by atoms with E-state index in [-0.39, 0.29) is 68.5 Å². The van der Waals surface area contributed by atoms with Crippen LogP contribution in [0.3, 0.4) is 0 Å². The van der Waals surface area contributed by atoms with Gasteiger partial charge in [-0.25, -0.2) is 15.2 Å². The number of hydroxylamine groups is 6. The van der Waals surface area contributed by atoms with Gasteiger partial charge in [0.15, 0.2) is 0 Å². The number of nitrogens with zero attached hydrogens (tertiary/aromatic N) is 3. The summed E-state index contributed by atoms with van der Waals surface area (Å²) in [6, 6.07) is 0. The summed E-state index contributed by atoms with van der Waals surface area (Å²) in [5.74, 6) is -1.18. The van der Waals surface area contributed by atoms with E-state index in [4.69, 9.17) is 0 Å². The van der Waals surface area contributed by atoms with Crippen molar-refractivity contribution in [3.8, 4) is 0 Å². The molecule has 15 heteroatoms. The van der Waals surface area contributed by atoms with E-state index in [0.29, 0.717) is 97.0 Å². The van der Waals surface area contributed by atoms with Crippen molar-refractivity contribution in [2.75, 3.05) is 39.3 Å². The van der Waals surface area contributed by atoms with Crippen molar-refractivity contribution in [2.45, 2.75) is 149 Å². The highest BCUT2D eigenvalue weighted by Gasteiger charge is 2.60. The van der Waals surface area contributed by atoms with Crippen molar-refractivity contribution in [2.24, 2.45) is 22.2 Å². The van der Waals surface area contributed by atoms with Crippen LogP contribution in [0.25, 0.3) is 0 Å². The van der Waals surface area contributed by atoms with E-state index in [1.807, 2.05) is 0 Å². The second-order valence-electron chi connectivity index (χ2n) is 17.2. The maximum Gasteiger partial charge on any atom is 0.246 e. The highest BCUT2D eigenvalue weighted by Crippen LogP contribution is 2.70. The lowest BCUT2D eigenvalue weighted by molar-refractivity contribution is -0.166. The zero-order chi connectivity index (χ0) is 39.8. The first-order chi connectivity index (χ1) is 25.5. The monoisotopic (exact) mass is 765 g/mol. The molecule has 6 amide bonds. The predicted molar refractivity (Wildman–Crippen MR) is 200 cm³/mol. The molecule has 0 aromatic carbocycles. The predicted octanol–water partition coefficient (Wildman–Crippen LogP) is 4.47. The molecule has 4 fully saturated rings. The third-order valence-electron chi connectivity index (χ3n) is 11.5. The number of hydrogen-bond acceptors (Lipinski definition) is 9. The number of carbonyl (C=O) groups is 6. The van der Waals surface area contributed by atoms with Gasteiger partial charge in [-0.2, -0.15) is 0 Å². The van der Waals surface area contributed by atoms with Crippen LogP contribution in [0.15, 0.2) is 0 Å². The van der Waals surface area contributed by atoms with Gasteiger partial charge < -0.3 is 16.0 Å². The van der Waals surface area contributed by atoms with Crippen LogP contribution in [0.2, 0.25) is 0 Å². The van der Waals surface area contributed by atoms with Crippen molar-refractivity contribution < 1.29 is 44.4 Å². The molecule has 4 aliphatic carbocycles. The van der Waals surface area contributed by atoms with Gasteiger partial charge in [-0.15, -0.1) is 0 Å². The summed E-state index contributed by atoms with van der Waals surface area (Å²) in [6.07, 6.45) is 13.6. The maximum atomic E-state index is 12.9. The van der Waals surface area contributed by atoms with E-state index >= 15 is 0 Å². The van der Waals surface area contributed by atoms with E-state index in [2.05, 4.69) is 29.8 Å². The van der Waals surface area contributed by atoms with Crippen LogP contribution in [0, 0.1) is 22.2 Å². The molecule has 0 radical (unpaired) electrons. The topological polar surface area (TPSA) is 209 Å². The summed E-state index contributed by atoms with van der Waals surface area (Å²) in [7, 11) is 0. The third kappa shape index (κ3) is 15.8. The van der Waals surface area contributed by atoms with Crippen LogP contribution in [-0.2, 0) is 28.8 Å². The Hall–Kier alpha value is -3.30. The van der Waals surface area contributed by atoms with Gasteiger partial charge in [0.2, 0.25) is 35.4 Å². The van der Waals surface area contributed by atoms with Crippen LogP contribution in [0.5, 0.6) is 0 Å². The smallest absolute Gasteiger partial charge is 0.246 e. The molecule has 0 saturated heterocycles. The number of nitrogens with one attached hydrogen (secondary N) is 3. The first kappa shape index (κ1) is 45.1. The Morgan fingerprint density at radius 2 is 0.944 bits per heavy atom. The largest absolute Gasteiger partial charge is 0.356 e. The molecule has 15 nitrogen and oxygen atoms in total. The van der Waals surface area contributed by atoms with Gasteiger partial charge in [-0.05, 0) is 118 Å². The maximum absolute atomic E-state index is 12.9. The summed E-state index contributed by atoms with van der Waals surface area (Å²) < 4.78 is 0. The second kappa shape index (κ2) is 21.7. The molecule has 2 atom stereocenters. The average molecular weight is 765 g/mol. The summed E-state index contributed by atoms with van der Waals surface area (Å²) in [5, 5.41) is 39.9. The van der Waals surface area contributed by atoms with Crippen molar-refractivity contribution in [1.29, 1.82) is 0 Å². The van der Waals surface area contributed by atoms with Crippen molar-refractivity contribution in [3.63, 3.8) is 0 Å². The lowest BCUT2D eigenvalue weighted by atomic mass is 9.40. The molecule has 4 bridgehead atoms. The quantitative estimate of drug-likeness (QED) is 0.0417. The molecule has 6 N–H and O–H groups in total. The lowest BCUT2D eigenvalue weighted by Crippen LogP contribution is -2.56. The first-order valence-corrected chi connectivity index (χ1v) is 20.3. The number of hydrogen-bond donors (Lipinski definition) is 6. The van der Waals surface area contributed by atoms with Crippen LogP contribution < -0.4 is 16.0 Å². The van der Waals surface area contributed by atoms with Crippen LogP contribution >= 0.6 is 0 Å². The number of amides is 6. The Morgan fingerprint density at radius 1 is 0.537 bits per heavy atom. The van der Waals surface area contributed by atoms with Gasteiger partial charge in [-0.1, -0.05) is 13.8 Å². The highest BCUT2D eigenvalue weighted by molar-refractivity contribution is 5.83. The Labute approximate surface area is 321 Å². The van der Waals surface area contributed by atoms with E-state index in [1.54, 1.807) is 0 Å². The Balaban J connectivity index is 1.11. The standard InChI is InChI=1S/C39H68N6O9/c1-30(46)43(52)20-10-4-7-17-40-32(47)13-15-35(50)44(53)21-11-5-8-18-41-33(48)14-16-36(51)45(54)22-12-6-9-19-42-34(49)26-39-25-31-23-37(2,28-39)27-38(3,24-31)29-39/h31,52-54H,4-29H2,1-3H3,(H,40,47)(H,41,48)(H,42,49). The zero-order valence-corrected chi connectivity index (χ0v) is 33.1. The minimum atomic E-state index is -0.552. The van der Waals surface area contributed by atoms with Crippen molar-refractivity contribution in [3.05, 3.63) is 0 Å². The fraction of sp³-hybridized carbons (Fsp3) is 0.846. The molecule has 4 aliphatic rings. The number of carbonyl (C=O) groups excluding carboxylic acids is 6. The third-order valence-corrected chi connectivity index (χ3v) is 11.5. The SMILES string of the molecule is CC(=O)N(O)CCCCCNC(=O)CCC(=O)N(O)CCCCCNC(=O)CCC(=O)N(O)CCCCCNC(=O)CC12CC3CC(C)(CC(C)(C3)C1)C2. The van der Waals surface area contributed by atoms with Gasteiger partial charge in [0.25, 0.3) is 0 Å². The van der Waals surface area contributed by atoms with Crippen LogP contribution in [0.4, 0.5) is 0 Å². The minimum Gasteiger partial charge on any atom is -0.356 e. The molecule has 308 valence electrons. The molecule has 0 aliphatic heterocycles. The molecule has 0 aromatic heterocycles. The first-order valence-electron chi connectivity index (χ1n) is 20.3. The van der Waals surface area contributed by atoms with Gasteiger partial charge in [0.1, 0.15) is 0 Å². The Bertz CT molecular complexity index is 1260. The Morgan fingerprint density at radius 3 is 1.35 bits per heavy atom. The molecular weight excluding hydrogens is 696 g/mol. The Kier molecular flexibility index (Phi) is 18.1. The van der Waals surface area contributed by atoms with Gasteiger partial charge in [0.05, 0.1) is 0 Å². The molecular formula is C39H68N6O9. The summed E-state index contributed by atoms with van der Waals surface area (Å²) in [6.45, 7) is 8.01. The van der Waals surface area contributed by atoms with Gasteiger partial charge in [-0.3, -0.25) is 44.4 Å². The molecule has 54 heavy (non-hydrogen) atoms. The highest BCUT2D eigenvalue weighted by atomic mass is 16.5. The average Bonchev–Trinajstić information content (AvgIpc) is 3.08. The van der Waals surface area contributed by atoms with Crippen molar-refractivity contribution >= 4 is 35.4 Å². The number of rotatable bonds is 26. The summed E-state index contributed by atoms with van der Waals surface area (Å²) in [5.41, 5.74) is 0.941. The number of unbranched alkanes of at least 4 members (excludes halogenated alkanes) is 6. The minimum absolute atomic E-state index is 0.0431.